The SMILES string of the molecule is C=C1CC=C(N(O)O)C=C1Nc1c(Cl)c(O)cc(CCO)c1Cl. The van der Waals surface area contributed by atoms with Crippen LogP contribution in [-0.4, -0.2) is 32.5 Å². The summed E-state index contributed by atoms with van der Waals surface area (Å²) in [6.45, 7) is 3.75. The van der Waals surface area contributed by atoms with Crippen molar-refractivity contribution in [3.8, 4) is 5.75 Å². The summed E-state index contributed by atoms with van der Waals surface area (Å²) in [6, 6.07) is 1.39. The van der Waals surface area contributed by atoms with Gasteiger partial charge in [0.15, 0.2) is 0 Å². The van der Waals surface area contributed by atoms with E-state index >= 15 is 0 Å². The molecule has 1 aromatic rings. The third-order valence-corrected chi connectivity index (χ3v) is 4.17. The summed E-state index contributed by atoms with van der Waals surface area (Å²) in [5.74, 6) is -0.175. The smallest absolute Gasteiger partial charge is 0.136 e. The number of allylic oxidation sites excluding steroid dienone is 3. The molecule has 0 saturated heterocycles. The van der Waals surface area contributed by atoms with Gasteiger partial charge in [-0.15, -0.1) is 5.23 Å². The van der Waals surface area contributed by atoms with Gasteiger partial charge in [-0.1, -0.05) is 35.9 Å². The number of aliphatic hydroxyl groups excluding tert-OH is 1. The highest BCUT2D eigenvalue weighted by molar-refractivity contribution is 6.40. The number of nitrogens with zero attached hydrogens (tertiary/aromatic N) is 1. The average Bonchev–Trinajstić information content (AvgIpc) is 2.50. The normalized spacial score (nSPS) is 14.4. The highest BCUT2D eigenvalue weighted by atomic mass is 35.5. The van der Waals surface area contributed by atoms with Gasteiger partial charge in [-0.2, -0.15) is 0 Å². The number of phenolic OH excluding ortho intramolecular Hbond substituents is 1. The molecule has 0 saturated carbocycles. The molecule has 0 atom stereocenters. The van der Waals surface area contributed by atoms with Crippen molar-refractivity contribution < 1.29 is 20.6 Å². The van der Waals surface area contributed by atoms with Gasteiger partial charge < -0.3 is 15.5 Å². The second-order valence-corrected chi connectivity index (χ2v) is 5.70. The number of phenols is 1. The first-order valence-electron chi connectivity index (χ1n) is 6.70. The molecule has 0 bridgehead atoms. The molecule has 0 heterocycles. The molecule has 5 N–H and O–H groups in total. The fourth-order valence-electron chi connectivity index (χ4n) is 2.13. The van der Waals surface area contributed by atoms with E-state index in [4.69, 9.17) is 38.7 Å². The second-order valence-electron chi connectivity index (χ2n) is 4.94. The van der Waals surface area contributed by atoms with Crippen molar-refractivity contribution in [3.63, 3.8) is 0 Å². The van der Waals surface area contributed by atoms with Crippen LogP contribution >= 0.6 is 23.2 Å². The Labute approximate surface area is 143 Å². The van der Waals surface area contributed by atoms with Gasteiger partial charge in [0.1, 0.15) is 10.8 Å². The maximum atomic E-state index is 9.91. The summed E-state index contributed by atoms with van der Waals surface area (Å²) in [5.41, 5.74) is 2.09. The van der Waals surface area contributed by atoms with Crippen LogP contribution in [0, 0.1) is 0 Å². The molecule has 0 fully saturated rings. The summed E-state index contributed by atoms with van der Waals surface area (Å²) < 4.78 is 0. The van der Waals surface area contributed by atoms with Gasteiger partial charge in [-0.25, -0.2) is 0 Å². The van der Waals surface area contributed by atoms with Gasteiger partial charge in [0.2, 0.25) is 0 Å². The molecule has 0 radical (unpaired) electrons. The summed E-state index contributed by atoms with van der Waals surface area (Å²) in [4.78, 5) is 0. The number of anilines is 1. The molecule has 8 heteroatoms. The lowest BCUT2D eigenvalue weighted by Crippen LogP contribution is -2.16. The summed E-state index contributed by atoms with van der Waals surface area (Å²) >= 11 is 12.4. The van der Waals surface area contributed by atoms with Crippen LogP contribution in [0.1, 0.15) is 12.0 Å². The number of benzene rings is 1. The van der Waals surface area contributed by atoms with E-state index in [1.54, 1.807) is 6.08 Å². The van der Waals surface area contributed by atoms with Crippen LogP contribution in [0.25, 0.3) is 0 Å². The summed E-state index contributed by atoms with van der Waals surface area (Å²) in [6.07, 6.45) is 3.68. The van der Waals surface area contributed by atoms with Crippen molar-refractivity contribution in [3.05, 3.63) is 57.4 Å². The summed E-state index contributed by atoms with van der Waals surface area (Å²) in [5, 5.41) is 40.4. The lowest BCUT2D eigenvalue weighted by Gasteiger charge is -2.22. The Balaban J connectivity index is 2.43. The molecule has 0 aliphatic heterocycles. The molecule has 1 aromatic carbocycles. The predicted octanol–water partition coefficient (Wildman–Crippen LogP) is 3.45. The number of aromatic hydroxyl groups is 1. The molecular formula is C15H16Cl2N2O4. The van der Waals surface area contributed by atoms with E-state index in [9.17, 15) is 5.11 Å². The average molecular weight is 359 g/mol. The number of hydroxylamine groups is 2. The molecule has 2 rings (SSSR count). The van der Waals surface area contributed by atoms with Crippen LogP contribution in [-0.2, 0) is 6.42 Å². The van der Waals surface area contributed by atoms with E-state index in [1.807, 2.05) is 0 Å². The monoisotopic (exact) mass is 358 g/mol. The van der Waals surface area contributed by atoms with Gasteiger partial charge in [0.25, 0.3) is 0 Å². The topological polar surface area (TPSA) is 96.2 Å². The highest BCUT2D eigenvalue weighted by Gasteiger charge is 2.19. The molecule has 0 amide bonds. The standard InChI is InChI=1S/C15H16Cl2N2O4/c1-8-2-3-10(19(22)23)7-11(8)18-15-13(16)9(4-5-20)6-12(21)14(15)17/h3,6-7,18,20-23H,1-2,4-5H2. The molecule has 23 heavy (non-hydrogen) atoms. The van der Waals surface area contributed by atoms with Crippen molar-refractivity contribution in [2.75, 3.05) is 11.9 Å². The minimum atomic E-state index is -0.175. The number of hydrogen-bond acceptors (Lipinski definition) is 6. The number of halogens is 2. The molecular weight excluding hydrogens is 343 g/mol. The van der Waals surface area contributed by atoms with E-state index in [1.165, 1.54) is 12.1 Å². The first kappa shape index (κ1) is 17.7. The fraction of sp³-hybridized carbons (Fsp3) is 0.200. The van der Waals surface area contributed by atoms with Crippen LogP contribution in [0.15, 0.2) is 41.8 Å². The summed E-state index contributed by atoms with van der Waals surface area (Å²) in [7, 11) is 0. The second kappa shape index (κ2) is 7.25. The highest BCUT2D eigenvalue weighted by Crippen LogP contribution is 2.41. The third-order valence-electron chi connectivity index (χ3n) is 3.36. The quantitative estimate of drug-likeness (QED) is 0.517. The van der Waals surface area contributed by atoms with Crippen molar-refractivity contribution in [2.24, 2.45) is 0 Å². The van der Waals surface area contributed by atoms with Gasteiger partial charge >= 0.3 is 0 Å². The first-order valence-corrected chi connectivity index (χ1v) is 7.46. The molecule has 1 aliphatic carbocycles. The number of rotatable bonds is 5. The van der Waals surface area contributed by atoms with Crippen LogP contribution in [0.2, 0.25) is 10.0 Å². The molecule has 124 valence electrons. The van der Waals surface area contributed by atoms with Crippen LogP contribution in [0.3, 0.4) is 0 Å². The molecule has 0 aromatic heterocycles. The third kappa shape index (κ3) is 3.80. The first-order chi connectivity index (χ1) is 10.8. The number of aliphatic hydroxyl groups is 1. The van der Waals surface area contributed by atoms with Crippen molar-refractivity contribution in [1.29, 1.82) is 0 Å². The van der Waals surface area contributed by atoms with E-state index in [0.717, 1.165) is 0 Å². The molecule has 0 spiro atoms. The Morgan fingerprint density at radius 3 is 2.57 bits per heavy atom. The largest absolute Gasteiger partial charge is 0.506 e. The van der Waals surface area contributed by atoms with Crippen molar-refractivity contribution >= 4 is 28.9 Å². The van der Waals surface area contributed by atoms with E-state index < -0.39 is 0 Å². The lowest BCUT2D eigenvalue weighted by molar-refractivity contribution is -0.275. The van der Waals surface area contributed by atoms with Gasteiger partial charge in [-0.05, 0) is 36.1 Å². The number of hydrogen-bond donors (Lipinski definition) is 5. The zero-order valence-corrected chi connectivity index (χ0v) is 13.6. The Kier molecular flexibility index (Phi) is 5.56. The van der Waals surface area contributed by atoms with E-state index in [0.29, 0.717) is 23.3 Å². The van der Waals surface area contributed by atoms with Crippen LogP contribution in [0.4, 0.5) is 5.69 Å². The zero-order valence-electron chi connectivity index (χ0n) is 12.1. The van der Waals surface area contributed by atoms with Gasteiger partial charge in [0.05, 0.1) is 16.4 Å². The maximum Gasteiger partial charge on any atom is 0.136 e. The molecule has 6 nitrogen and oxygen atoms in total. The Morgan fingerprint density at radius 2 is 1.96 bits per heavy atom. The maximum absolute atomic E-state index is 9.91. The Morgan fingerprint density at radius 1 is 1.26 bits per heavy atom. The van der Waals surface area contributed by atoms with Crippen molar-refractivity contribution in [2.45, 2.75) is 12.8 Å². The van der Waals surface area contributed by atoms with Gasteiger partial charge in [0, 0.05) is 12.3 Å². The molecule has 1 aliphatic rings. The number of nitrogens with one attached hydrogen (secondary N) is 1. The van der Waals surface area contributed by atoms with Crippen LogP contribution < -0.4 is 5.32 Å². The zero-order chi connectivity index (χ0) is 17.1. The Bertz CT molecular complexity index is 699. The fourth-order valence-corrected chi connectivity index (χ4v) is 2.67. The van der Waals surface area contributed by atoms with Crippen LogP contribution in [0.5, 0.6) is 5.75 Å². The molecule has 0 unspecified atom stereocenters. The minimum absolute atomic E-state index is 0.00299. The lowest BCUT2D eigenvalue weighted by atomic mass is 10.0. The minimum Gasteiger partial charge on any atom is -0.506 e. The van der Waals surface area contributed by atoms with Crippen molar-refractivity contribution in [1.82, 2.24) is 5.23 Å². The van der Waals surface area contributed by atoms with E-state index in [2.05, 4.69) is 11.9 Å². The Hall–Kier alpha value is -1.70. The van der Waals surface area contributed by atoms with Gasteiger partial charge in [-0.3, -0.25) is 10.4 Å². The van der Waals surface area contributed by atoms with E-state index in [-0.39, 0.29) is 45.4 Å². The predicted molar refractivity (Wildman–Crippen MR) is 87.9 cm³/mol.